The molecule has 2 fully saturated rings. The molecule has 3 rings (SSSR count). The Bertz CT molecular complexity index is 355. The van der Waals surface area contributed by atoms with E-state index >= 15 is 0 Å². The molecular formula is C15H21N. The highest BCUT2D eigenvalue weighted by Crippen LogP contribution is 2.48. The Balaban J connectivity index is 1.81. The summed E-state index contributed by atoms with van der Waals surface area (Å²) < 4.78 is 0. The zero-order chi connectivity index (χ0) is 11.0. The molecule has 0 bridgehead atoms. The molecule has 16 heavy (non-hydrogen) atoms. The van der Waals surface area contributed by atoms with E-state index in [1.165, 1.54) is 44.1 Å². The number of rotatable bonds is 2. The second-order valence-electron chi connectivity index (χ2n) is 5.72. The zero-order valence-corrected chi connectivity index (χ0v) is 9.86. The molecule has 1 heteroatoms. The number of hydrogen-bond donors (Lipinski definition) is 1. The summed E-state index contributed by atoms with van der Waals surface area (Å²) in [4.78, 5) is 0. The van der Waals surface area contributed by atoms with Crippen LogP contribution in [0.1, 0.15) is 44.1 Å². The quantitative estimate of drug-likeness (QED) is 0.803. The molecule has 0 saturated heterocycles. The van der Waals surface area contributed by atoms with Crippen LogP contribution in [0.5, 0.6) is 0 Å². The van der Waals surface area contributed by atoms with Crippen molar-refractivity contribution in [3.8, 4) is 0 Å². The molecule has 0 aliphatic heterocycles. The summed E-state index contributed by atoms with van der Waals surface area (Å²) in [7, 11) is 0. The number of benzene rings is 1. The van der Waals surface area contributed by atoms with E-state index in [1.807, 2.05) is 0 Å². The molecule has 2 N–H and O–H groups in total. The molecule has 1 aromatic carbocycles. The average Bonchev–Trinajstić information content (AvgIpc) is 3.14. The molecule has 2 aliphatic rings. The Hall–Kier alpha value is -0.820. The number of nitrogens with two attached hydrogens (primary N) is 1. The van der Waals surface area contributed by atoms with E-state index in [0.29, 0.717) is 0 Å². The van der Waals surface area contributed by atoms with Gasteiger partial charge in [0, 0.05) is 5.54 Å². The molecule has 1 nitrogen and oxygen atoms in total. The van der Waals surface area contributed by atoms with Gasteiger partial charge in [-0.15, -0.1) is 0 Å². The predicted octanol–water partition coefficient (Wildman–Crippen LogP) is 3.44. The van der Waals surface area contributed by atoms with Crippen LogP contribution in [0.3, 0.4) is 0 Å². The fourth-order valence-electron chi connectivity index (χ4n) is 3.35. The van der Waals surface area contributed by atoms with Crippen LogP contribution in [0.2, 0.25) is 0 Å². The van der Waals surface area contributed by atoms with Gasteiger partial charge < -0.3 is 5.73 Å². The standard InChI is InChI=1S/C15H21N/c16-15(14-6-2-1-3-7-14)10-4-5-13(11-15)12-8-9-12/h1-3,6-7,12-13H,4-5,8-11,16H2. The van der Waals surface area contributed by atoms with E-state index in [0.717, 1.165) is 11.8 Å². The van der Waals surface area contributed by atoms with Gasteiger partial charge in [-0.05, 0) is 43.1 Å². The van der Waals surface area contributed by atoms with Gasteiger partial charge in [-0.1, -0.05) is 43.2 Å². The SMILES string of the molecule is NC1(c2ccccc2)CCCC(C2CC2)C1. The van der Waals surface area contributed by atoms with Gasteiger partial charge in [0.1, 0.15) is 0 Å². The van der Waals surface area contributed by atoms with Crippen LogP contribution >= 0.6 is 0 Å². The first-order valence-corrected chi connectivity index (χ1v) is 6.62. The Morgan fingerprint density at radius 2 is 1.75 bits per heavy atom. The lowest BCUT2D eigenvalue weighted by atomic mass is 9.71. The third kappa shape index (κ3) is 1.89. The number of hydrogen-bond acceptors (Lipinski definition) is 1. The molecule has 0 radical (unpaired) electrons. The molecule has 2 saturated carbocycles. The van der Waals surface area contributed by atoms with Crippen molar-refractivity contribution < 1.29 is 0 Å². The maximum Gasteiger partial charge on any atom is 0.0412 e. The highest BCUT2D eigenvalue weighted by Gasteiger charge is 2.40. The summed E-state index contributed by atoms with van der Waals surface area (Å²) in [5, 5.41) is 0. The lowest BCUT2D eigenvalue weighted by Crippen LogP contribution is -2.41. The van der Waals surface area contributed by atoms with E-state index in [-0.39, 0.29) is 5.54 Å². The Morgan fingerprint density at radius 1 is 1.00 bits per heavy atom. The van der Waals surface area contributed by atoms with E-state index in [4.69, 9.17) is 5.73 Å². The lowest BCUT2D eigenvalue weighted by molar-refractivity contribution is 0.206. The Morgan fingerprint density at radius 3 is 2.44 bits per heavy atom. The molecule has 0 heterocycles. The Kier molecular flexibility index (Phi) is 2.51. The smallest absolute Gasteiger partial charge is 0.0412 e. The van der Waals surface area contributed by atoms with Gasteiger partial charge in [-0.3, -0.25) is 0 Å². The fourth-order valence-corrected chi connectivity index (χ4v) is 3.35. The first-order valence-electron chi connectivity index (χ1n) is 6.62. The normalized spacial score (nSPS) is 34.9. The third-order valence-corrected chi connectivity index (χ3v) is 4.46. The van der Waals surface area contributed by atoms with Crippen molar-refractivity contribution in [2.75, 3.05) is 0 Å². The maximum atomic E-state index is 6.64. The van der Waals surface area contributed by atoms with Crippen molar-refractivity contribution in [1.29, 1.82) is 0 Å². The van der Waals surface area contributed by atoms with Crippen molar-refractivity contribution in [2.24, 2.45) is 17.6 Å². The highest BCUT2D eigenvalue weighted by molar-refractivity contribution is 5.24. The van der Waals surface area contributed by atoms with Gasteiger partial charge in [0.05, 0.1) is 0 Å². The van der Waals surface area contributed by atoms with Gasteiger partial charge in [0.2, 0.25) is 0 Å². The van der Waals surface area contributed by atoms with Crippen LogP contribution in [-0.4, -0.2) is 0 Å². The topological polar surface area (TPSA) is 26.0 Å². The molecule has 0 aromatic heterocycles. The van der Waals surface area contributed by atoms with Crippen molar-refractivity contribution in [1.82, 2.24) is 0 Å². The predicted molar refractivity (Wildman–Crippen MR) is 67.0 cm³/mol. The van der Waals surface area contributed by atoms with Gasteiger partial charge in [-0.2, -0.15) is 0 Å². The molecule has 86 valence electrons. The average molecular weight is 215 g/mol. The van der Waals surface area contributed by atoms with Gasteiger partial charge in [-0.25, -0.2) is 0 Å². The van der Waals surface area contributed by atoms with Crippen LogP contribution in [-0.2, 0) is 5.54 Å². The van der Waals surface area contributed by atoms with Crippen molar-refractivity contribution in [2.45, 2.75) is 44.1 Å². The van der Waals surface area contributed by atoms with Crippen molar-refractivity contribution >= 4 is 0 Å². The first-order chi connectivity index (χ1) is 7.78. The van der Waals surface area contributed by atoms with Crippen molar-refractivity contribution in [3.05, 3.63) is 35.9 Å². The first kappa shape index (κ1) is 10.3. The van der Waals surface area contributed by atoms with Crippen LogP contribution in [0.4, 0.5) is 0 Å². The highest BCUT2D eigenvalue weighted by atomic mass is 14.8. The van der Waals surface area contributed by atoms with Crippen molar-refractivity contribution in [3.63, 3.8) is 0 Å². The molecule has 1 aromatic rings. The van der Waals surface area contributed by atoms with Crippen LogP contribution < -0.4 is 5.73 Å². The van der Waals surface area contributed by atoms with Gasteiger partial charge in [0.25, 0.3) is 0 Å². The van der Waals surface area contributed by atoms with E-state index in [2.05, 4.69) is 30.3 Å². The van der Waals surface area contributed by atoms with Crippen LogP contribution in [0.25, 0.3) is 0 Å². The second-order valence-corrected chi connectivity index (χ2v) is 5.72. The van der Waals surface area contributed by atoms with Gasteiger partial charge >= 0.3 is 0 Å². The van der Waals surface area contributed by atoms with E-state index in [1.54, 1.807) is 0 Å². The third-order valence-electron chi connectivity index (χ3n) is 4.46. The minimum absolute atomic E-state index is 0.0350. The summed E-state index contributed by atoms with van der Waals surface area (Å²) in [6, 6.07) is 10.7. The molecule has 2 atom stereocenters. The molecule has 0 spiro atoms. The fraction of sp³-hybridized carbons (Fsp3) is 0.600. The summed E-state index contributed by atoms with van der Waals surface area (Å²) in [5.41, 5.74) is 7.95. The second kappa shape index (κ2) is 3.89. The van der Waals surface area contributed by atoms with E-state index in [9.17, 15) is 0 Å². The summed E-state index contributed by atoms with van der Waals surface area (Å²) in [6.45, 7) is 0. The minimum Gasteiger partial charge on any atom is -0.321 e. The summed E-state index contributed by atoms with van der Waals surface area (Å²) in [6.07, 6.45) is 8.01. The Labute approximate surface area is 98.0 Å². The van der Waals surface area contributed by atoms with E-state index < -0.39 is 0 Å². The summed E-state index contributed by atoms with van der Waals surface area (Å²) >= 11 is 0. The molecule has 0 amide bonds. The maximum absolute atomic E-state index is 6.64. The largest absolute Gasteiger partial charge is 0.321 e. The van der Waals surface area contributed by atoms with Crippen LogP contribution in [0.15, 0.2) is 30.3 Å². The van der Waals surface area contributed by atoms with Crippen LogP contribution in [0, 0.1) is 11.8 Å². The van der Waals surface area contributed by atoms with Gasteiger partial charge in [0.15, 0.2) is 0 Å². The minimum atomic E-state index is -0.0350. The monoisotopic (exact) mass is 215 g/mol. The molecular weight excluding hydrogens is 194 g/mol. The molecule has 2 unspecified atom stereocenters. The summed E-state index contributed by atoms with van der Waals surface area (Å²) in [5.74, 6) is 1.91. The molecule has 2 aliphatic carbocycles. The lowest BCUT2D eigenvalue weighted by Gasteiger charge is -2.38. The zero-order valence-electron chi connectivity index (χ0n) is 9.86.